The van der Waals surface area contributed by atoms with Crippen molar-refractivity contribution in [3.8, 4) is 0 Å². The summed E-state index contributed by atoms with van der Waals surface area (Å²) in [7, 11) is 0. The third-order valence-corrected chi connectivity index (χ3v) is 3.03. The fourth-order valence-corrected chi connectivity index (χ4v) is 2.03. The summed E-state index contributed by atoms with van der Waals surface area (Å²) in [6.45, 7) is 2.13. The number of rotatable bonds is 4. The first kappa shape index (κ1) is 13.4. The van der Waals surface area contributed by atoms with E-state index in [1.165, 1.54) is 6.07 Å². The fourth-order valence-electron chi connectivity index (χ4n) is 2.03. The zero-order valence-electron chi connectivity index (χ0n) is 10.4. The molecule has 0 spiro atoms. The Hall–Kier alpha value is -1.99. The number of hydrogen-bond donors (Lipinski definition) is 1. The quantitative estimate of drug-likeness (QED) is 0.485. The van der Waals surface area contributed by atoms with Crippen LogP contribution in [0, 0.1) is 10.1 Å². The highest BCUT2D eigenvalue weighted by Gasteiger charge is 2.22. The van der Waals surface area contributed by atoms with Crippen LogP contribution >= 0.6 is 0 Å². The zero-order valence-corrected chi connectivity index (χ0v) is 10.4. The van der Waals surface area contributed by atoms with Crippen molar-refractivity contribution in [1.82, 2.24) is 0 Å². The molecule has 0 aromatic heterocycles. The summed E-state index contributed by atoms with van der Waals surface area (Å²) in [5.41, 5.74) is 5.98. The normalized spacial score (nSPS) is 15.3. The first-order valence-electron chi connectivity index (χ1n) is 5.98. The van der Waals surface area contributed by atoms with Gasteiger partial charge >= 0.3 is 0 Å². The van der Waals surface area contributed by atoms with Gasteiger partial charge in [0.05, 0.1) is 24.7 Å². The molecule has 1 heterocycles. The molecule has 7 nitrogen and oxygen atoms in total. The molecule has 102 valence electrons. The highest BCUT2D eigenvalue weighted by Crippen LogP contribution is 2.29. The van der Waals surface area contributed by atoms with Gasteiger partial charge in [-0.15, -0.1) is 0 Å². The van der Waals surface area contributed by atoms with Crippen molar-refractivity contribution in [3.63, 3.8) is 0 Å². The summed E-state index contributed by atoms with van der Waals surface area (Å²) in [6, 6.07) is 4.47. The van der Waals surface area contributed by atoms with Gasteiger partial charge in [0.2, 0.25) is 0 Å². The molecule has 1 saturated heterocycles. The molecular weight excluding hydrogens is 250 g/mol. The van der Waals surface area contributed by atoms with Crippen LogP contribution in [0.5, 0.6) is 0 Å². The number of nitro groups is 1. The van der Waals surface area contributed by atoms with Gasteiger partial charge in [-0.25, -0.2) is 0 Å². The van der Waals surface area contributed by atoms with E-state index in [4.69, 9.17) is 10.5 Å². The van der Waals surface area contributed by atoms with Gasteiger partial charge in [-0.2, -0.15) is 0 Å². The van der Waals surface area contributed by atoms with E-state index in [-0.39, 0.29) is 23.6 Å². The minimum Gasteiger partial charge on any atom is -0.378 e. The average molecular weight is 265 g/mol. The first-order chi connectivity index (χ1) is 9.13. The number of nitrogens with zero attached hydrogens (tertiary/aromatic N) is 2. The summed E-state index contributed by atoms with van der Waals surface area (Å²) in [5.74, 6) is -0.309. The molecule has 1 aromatic carbocycles. The van der Waals surface area contributed by atoms with Crippen LogP contribution < -0.4 is 10.6 Å². The van der Waals surface area contributed by atoms with E-state index in [1.807, 2.05) is 4.90 Å². The Morgan fingerprint density at radius 2 is 2.11 bits per heavy atom. The smallest absolute Gasteiger partial charge is 0.293 e. The maximum atomic E-state index is 11.5. The highest BCUT2D eigenvalue weighted by atomic mass is 16.6. The van der Waals surface area contributed by atoms with Crippen LogP contribution in [0.2, 0.25) is 0 Å². The van der Waals surface area contributed by atoms with Gasteiger partial charge in [-0.1, -0.05) is 0 Å². The van der Waals surface area contributed by atoms with Crippen molar-refractivity contribution in [2.45, 2.75) is 0 Å². The predicted octanol–water partition coefficient (Wildman–Crippen LogP) is 0.573. The Morgan fingerprint density at radius 3 is 2.68 bits per heavy atom. The lowest BCUT2D eigenvalue weighted by Crippen LogP contribution is -2.36. The van der Waals surface area contributed by atoms with Gasteiger partial charge in [0.15, 0.2) is 5.78 Å². The number of ether oxygens (including phenoxy) is 1. The maximum Gasteiger partial charge on any atom is 0.293 e. The van der Waals surface area contributed by atoms with Crippen molar-refractivity contribution in [2.24, 2.45) is 5.73 Å². The zero-order chi connectivity index (χ0) is 13.8. The largest absolute Gasteiger partial charge is 0.378 e. The summed E-state index contributed by atoms with van der Waals surface area (Å²) in [5, 5.41) is 11.1. The number of Topliss-reactive ketones (excluding diaryl/α,β-unsaturated/α-hetero) is 1. The average Bonchev–Trinajstić information content (AvgIpc) is 2.46. The van der Waals surface area contributed by atoms with E-state index in [2.05, 4.69) is 0 Å². The van der Waals surface area contributed by atoms with Crippen LogP contribution in [-0.2, 0) is 4.74 Å². The summed E-state index contributed by atoms with van der Waals surface area (Å²) in [4.78, 5) is 24.0. The number of carbonyl (C=O) groups excluding carboxylic acids is 1. The predicted molar refractivity (Wildman–Crippen MR) is 69.5 cm³/mol. The van der Waals surface area contributed by atoms with Crippen LogP contribution in [0.25, 0.3) is 0 Å². The van der Waals surface area contributed by atoms with Crippen LogP contribution in [0.4, 0.5) is 11.4 Å². The topological polar surface area (TPSA) is 98.7 Å². The van der Waals surface area contributed by atoms with E-state index in [9.17, 15) is 14.9 Å². The van der Waals surface area contributed by atoms with Gasteiger partial charge in [0.25, 0.3) is 5.69 Å². The van der Waals surface area contributed by atoms with Gasteiger partial charge in [-0.3, -0.25) is 14.9 Å². The number of anilines is 1. The molecule has 0 bridgehead atoms. The number of benzene rings is 1. The second-order valence-electron chi connectivity index (χ2n) is 4.19. The van der Waals surface area contributed by atoms with Gasteiger partial charge in [0.1, 0.15) is 5.69 Å². The molecule has 0 aliphatic carbocycles. The molecule has 2 rings (SSSR count). The molecule has 1 aromatic rings. The minimum absolute atomic E-state index is 0.0683. The Balaban J connectivity index is 2.37. The lowest BCUT2D eigenvalue weighted by Gasteiger charge is -2.28. The van der Waals surface area contributed by atoms with Crippen LogP contribution in [0.15, 0.2) is 18.2 Å². The molecule has 1 aliphatic heterocycles. The van der Waals surface area contributed by atoms with Gasteiger partial charge < -0.3 is 15.4 Å². The molecule has 0 unspecified atom stereocenters. The van der Waals surface area contributed by atoms with E-state index < -0.39 is 4.92 Å². The van der Waals surface area contributed by atoms with Crippen molar-refractivity contribution >= 4 is 17.2 Å². The molecule has 0 radical (unpaired) electrons. The molecule has 0 amide bonds. The van der Waals surface area contributed by atoms with Crippen LogP contribution in [0.3, 0.4) is 0 Å². The minimum atomic E-state index is -0.474. The standard InChI is InChI=1S/C12H15N3O4/c13-8-12(16)9-1-2-10(11(7-9)15(17)18)14-3-5-19-6-4-14/h1-2,7H,3-6,8,13H2. The SMILES string of the molecule is NCC(=O)c1ccc(N2CCOCC2)c([N+](=O)[O-])c1. The van der Waals surface area contributed by atoms with Gasteiger partial charge in [0, 0.05) is 24.7 Å². The molecule has 19 heavy (non-hydrogen) atoms. The molecule has 1 fully saturated rings. The lowest BCUT2D eigenvalue weighted by atomic mass is 10.1. The van der Waals surface area contributed by atoms with Crippen molar-refractivity contribution in [2.75, 3.05) is 37.7 Å². The van der Waals surface area contributed by atoms with E-state index in [0.717, 1.165) is 0 Å². The van der Waals surface area contributed by atoms with Crippen molar-refractivity contribution in [1.29, 1.82) is 0 Å². The third-order valence-electron chi connectivity index (χ3n) is 3.03. The molecule has 2 N–H and O–H groups in total. The molecule has 1 aliphatic rings. The second-order valence-corrected chi connectivity index (χ2v) is 4.19. The van der Waals surface area contributed by atoms with E-state index in [0.29, 0.717) is 32.0 Å². The monoisotopic (exact) mass is 265 g/mol. The summed E-state index contributed by atoms with van der Waals surface area (Å²) < 4.78 is 5.22. The van der Waals surface area contributed by atoms with Gasteiger partial charge in [-0.05, 0) is 12.1 Å². The van der Waals surface area contributed by atoms with Crippen LogP contribution in [-0.4, -0.2) is 43.6 Å². The number of ketones is 1. The Labute approximate surface area is 110 Å². The summed E-state index contributed by atoms with van der Waals surface area (Å²) >= 11 is 0. The third kappa shape index (κ3) is 2.88. The highest BCUT2D eigenvalue weighted by molar-refractivity contribution is 5.98. The number of carbonyl (C=O) groups is 1. The molecular formula is C12H15N3O4. The molecule has 7 heteroatoms. The number of hydrogen-bond acceptors (Lipinski definition) is 6. The Morgan fingerprint density at radius 1 is 1.42 bits per heavy atom. The Bertz CT molecular complexity index is 498. The molecule has 0 saturated carbocycles. The number of nitro benzene ring substituents is 1. The Kier molecular flexibility index (Phi) is 4.08. The van der Waals surface area contributed by atoms with Crippen molar-refractivity contribution < 1.29 is 14.5 Å². The van der Waals surface area contributed by atoms with E-state index >= 15 is 0 Å². The lowest BCUT2D eigenvalue weighted by molar-refractivity contribution is -0.384. The van der Waals surface area contributed by atoms with Crippen molar-refractivity contribution in [3.05, 3.63) is 33.9 Å². The maximum absolute atomic E-state index is 11.5. The second kappa shape index (κ2) is 5.77. The van der Waals surface area contributed by atoms with Crippen LogP contribution in [0.1, 0.15) is 10.4 Å². The summed E-state index contributed by atoms with van der Waals surface area (Å²) in [6.07, 6.45) is 0. The number of nitrogens with two attached hydrogens (primary N) is 1. The molecule has 0 atom stereocenters. The fraction of sp³-hybridized carbons (Fsp3) is 0.417. The van der Waals surface area contributed by atoms with E-state index in [1.54, 1.807) is 12.1 Å². The number of morpholine rings is 1. The first-order valence-corrected chi connectivity index (χ1v) is 5.98.